The smallest absolute Gasteiger partial charge is 0.227 e. The second-order valence-electron chi connectivity index (χ2n) is 5.13. The van der Waals surface area contributed by atoms with Crippen LogP contribution < -0.4 is 11.1 Å². The molecule has 7 nitrogen and oxygen atoms in total. The van der Waals surface area contributed by atoms with E-state index >= 15 is 0 Å². The average Bonchev–Trinajstić information content (AvgIpc) is 2.44. The molecule has 2 aromatic rings. The fourth-order valence-electron chi connectivity index (χ4n) is 2.12. The number of hydrogen-bond donors (Lipinski definition) is 2. The van der Waals surface area contributed by atoms with Gasteiger partial charge in [0.1, 0.15) is 6.33 Å². The van der Waals surface area contributed by atoms with Crippen molar-refractivity contribution in [1.82, 2.24) is 15.0 Å². The van der Waals surface area contributed by atoms with Crippen molar-refractivity contribution in [3.05, 3.63) is 36.2 Å². The van der Waals surface area contributed by atoms with Gasteiger partial charge in [-0.15, -0.1) is 0 Å². The van der Waals surface area contributed by atoms with E-state index in [1.165, 1.54) is 12.6 Å². The predicted octanol–water partition coefficient (Wildman–Crippen LogP) is 1.29. The van der Waals surface area contributed by atoms with Gasteiger partial charge in [0.05, 0.1) is 4.90 Å². The van der Waals surface area contributed by atoms with Gasteiger partial charge < -0.3 is 11.1 Å². The minimum Gasteiger partial charge on any atom is -0.368 e. The molecule has 0 spiro atoms. The largest absolute Gasteiger partial charge is 0.368 e. The number of nitrogens with one attached hydrogen (secondary N) is 1. The lowest BCUT2D eigenvalue weighted by molar-refractivity contribution is 0.599. The van der Waals surface area contributed by atoms with Crippen molar-refractivity contribution >= 4 is 21.7 Å². The molecular formula is C14H19N5O2S. The van der Waals surface area contributed by atoms with Crippen molar-refractivity contribution in [2.45, 2.75) is 30.7 Å². The second-order valence-corrected chi connectivity index (χ2v) is 7.12. The Labute approximate surface area is 129 Å². The van der Waals surface area contributed by atoms with Crippen LogP contribution in [0.25, 0.3) is 0 Å². The van der Waals surface area contributed by atoms with Crippen LogP contribution in [0.1, 0.15) is 18.9 Å². The number of hydrogen-bond acceptors (Lipinski definition) is 7. The highest BCUT2D eigenvalue weighted by molar-refractivity contribution is 7.90. The summed E-state index contributed by atoms with van der Waals surface area (Å²) in [6, 6.07) is 7.11. The Kier molecular flexibility index (Phi) is 4.92. The van der Waals surface area contributed by atoms with E-state index in [2.05, 4.69) is 20.3 Å². The van der Waals surface area contributed by atoms with Crippen LogP contribution in [0.15, 0.2) is 35.5 Å². The van der Waals surface area contributed by atoms with E-state index in [1.807, 2.05) is 19.1 Å². The molecular weight excluding hydrogens is 302 g/mol. The standard InChI is InChI=1S/C14H19N5O2S/c1-10(18-14-17-9-16-13(15)19-14)7-8-11-5-3-4-6-12(11)22(2,20)21/h3-6,9-10H,7-8H2,1-2H3,(H3,15,16,17,18,19). The molecule has 0 saturated heterocycles. The maximum absolute atomic E-state index is 11.8. The van der Waals surface area contributed by atoms with Crippen molar-refractivity contribution in [1.29, 1.82) is 0 Å². The lowest BCUT2D eigenvalue weighted by atomic mass is 10.1. The number of nitrogen functional groups attached to an aromatic ring is 1. The SMILES string of the molecule is CC(CCc1ccccc1S(C)(=O)=O)Nc1ncnc(N)n1. The van der Waals surface area contributed by atoms with E-state index in [4.69, 9.17) is 5.73 Å². The van der Waals surface area contributed by atoms with Crippen LogP contribution >= 0.6 is 0 Å². The van der Waals surface area contributed by atoms with Gasteiger partial charge in [-0.05, 0) is 31.4 Å². The molecule has 1 atom stereocenters. The number of rotatable bonds is 6. The van der Waals surface area contributed by atoms with Crippen LogP contribution in [-0.2, 0) is 16.3 Å². The molecule has 22 heavy (non-hydrogen) atoms. The Hall–Kier alpha value is -2.22. The summed E-state index contributed by atoms with van der Waals surface area (Å²) in [6.45, 7) is 1.98. The van der Waals surface area contributed by atoms with Crippen molar-refractivity contribution in [2.24, 2.45) is 0 Å². The monoisotopic (exact) mass is 321 g/mol. The van der Waals surface area contributed by atoms with Gasteiger partial charge in [0.25, 0.3) is 0 Å². The summed E-state index contributed by atoms with van der Waals surface area (Å²) in [5.74, 6) is 0.573. The highest BCUT2D eigenvalue weighted by Crippen LogP contribution is 2.18. The van der Waals surface area contributed by atoms with E-state index < -0.39 is 9.84 Å². The maximum atomic E-state index is 11.8. The molecule has 118 valence electrons. The summed E-state index contributed by atoms with van der Waals surface area (Å²) in [5, 5.41) is 3.12. The molecule has 0 saturated carbocycles. The van der Waals surface area contributed by atoms with Gasteiger partial charge in [-0.25, -0.2) is 18.4 Å². The summed E-state index contributed by atoms with van der Waals surface area (Å²) >= 11 is 0. The number of aryl methyl sites for hydroxylation is 1. The summed E-state index contributed by atoms with van der Waals surface area (Å²) in [6.07, 6.45) is 3.94. The van der Waals surface area contributed by atoms with Gasteiger partial charge in [-0.3, -0.25) is 0 Å². The van der Waals surface area contributed by atoms with Crippen LogP contribution in [0.5, 0.6) is 0 Å². The average molecular weight is 321 g/mol. The first-order chi connectivity index (χ1) is 10.4. The number of nitrogens with two attached hydrogens (primary N) is 1. The Balaban J connectivity index is 2.01. The third-order valence-corrected chi connectivity index (χ3v) is 4.38. The van der Waals surface area contributed by atoms with Gasteiger partial charge in [0.15, 0.2) is 9.84 Å². The Bertz CT molecular complexity index is 748. The first-order valence-electron chi connectivity index (χ1n) is 6.85. The number of benzene rings is 1. The Morgan fingerprint density at radius 1 is 1.27 bits per heavy atom. The Morgan fingerprint density at radius 3 is 2.68 bits per heavy atom. The molecule has 3 N–H and O–H groups in total. The summed E-state index contributed by atoms with van der Waals surface area (Å²) in [4.78, 5) is 12.1. The lowest BCUT2D eigenvalue weighted by Crippen LogP contribution is -2.19. The summed E-state index contributed by atoms with van der Waals surface area (Å²) in [5.41, 5.74) is 6.31. The zero-order valence-corrected chi connectivity index (χ0v) is 13.3. The molecule has 0 aliphatic rings. The van der Waals surface area contributed by atoms with Gasteiger partial charge >= 0.3 is 0 Å². The molecule has 1 unspecified atom stereocenters. The third-order valence-electron chi connectivity index (χ3n) is 3.18. The van der Waals surface area contributed by atoms with E-state index in [9.17, 15) is 8.42 Å². The molecule has 0 aliphatic heterocycles. The van der Waals surface area contributed by atoms with E-state index in [-0.39, 0.29) is 12.0 Å². The number of sulfone groups is 1. The van der Waals surface area contributed by atoms with Crippen molar-refractivity contribution in [2.75, 3.05) is 17.3 Å². The molecule has 0 fully saturated rings. The normalized spacial score (nSPS) is 12.8. The minimum absolute atomic E-state index is 0.0643. The highest BCUT2D eigenvalue weighted by Gasteiger charge is 2.13. The second kappa shape index (κ2) is 6.69. The molecule has 0 amide bonds. The zero-order chi connectivity index (χ0) is 16.2. The number of nitrogens with zero attached hydrogens (tertiary/aromatic N) is 3. The maximum Gasteiger partial charge on any atom is 0.227 e. The van der Waals surface area contributed by atoms with Gasteiger partial charge in [0.2, 0.25) is 11.9 Å². The molecule has 0 aliphatic carbocycles. The van der Waals surface area contributed by atoms with E-state index in [0.29, 0.717) is 17.3 Å². The lowest BCUT2D eigenvalue weighted by Gasteiger charge is -2.14. The topological polar surface area (TPSA) is 111 Å². The quantitative estimate of drug-likeness (QED) is 0.824. The fraction of sp³-hybridized carbons (Fsp3) is 0.357. The number of aromatic nitrogens is 3. The van der Waals surface area contributed by atoms with Crippen molar-refractivity contribution in [3.8, 4) is 0 Å². The summed E-state index contributed by atoms with van der Waals surface area (Å²) < 4.78 is 23.5. The number of anilines is 2. The molecule has 8 heteroatoms. The fourth-order valence-corrected chi connectivity index (χ4v) is 3.09. The van der Waals surface area contributed by atoms with Crippen LogP contribution in [0.4, 0.5) is 11.9 Å². The molecule has 0 radical (unpaired) electrons. The first kappa shape index (κ1) is 16.2. The predicted molar refractivity (Wildman–Crippen MR) is 85.2 cm³/mol. The molecule has 2 rings (SSSR count). The van der Waals surface area contributed by atoms with Crippen LogP contribution in [0, 0.1) is 0 Å². The molecule has 0 bridgehead atoms. The van der Waals surface area contributed by atoms with E-state index in [1.54, 1.807) is 12.1 Å². The molecule has 1 aromatic heterocycles. The minimum atomic E-state index is -3.22. The van der Waals surface area contributed by atoms with Gasteiger partial charge in [-0.1, -0.05) is 18.2 Å². The van der Waals surface area contributed by atoms with Crippen LogP contribution in [0.3, 0.4) is 0 Å². The van der Waals surface area contributed by atoms with Gasteiger partial charge in [-0.2, -0.15) is 4.98 Å². The summed E-state index contributed by atoms with van der Waals surface area (Å²) in [7, 11) is -3.22. The molecule has 1 heterocycles. The molecule has 1 aromatic carbocycles. The van der Waals surface area contributed by atoms with Crippen molar-refractivity contribution in [3.63, 3.8) is 0 Å². The van der Waals surface area contributed by atoms with Crippen LogP contribution in [-0.4, -0.2) is 35.7 Å². The Morgan fingerprint density at radius 2 is 2.00 bits per heavy atom. The first-order valence-corrected chi connectivity index (χ1v) is 8.74. The van der Waals surface area contributed by atoms with Crippen LogP contribution in [0.2, 0.25) is 0 Å². The third kappa shape index (κ3) is 4.39. The highest BCUT2D eigenvalue weighted by atomic mass is 32.2. The van der Waals surface area contributed by atoms with Crippen molar-refractivity contribution < 1.29 is 8.42 Å². The zero-order valence-electron chi connectivity index (χ0n) is 12.5. The van der Waals surface area contributed by atoms with E-state index in [0.717, 1.165) is 12.0 Å². The van der Waals surface area contributed by atoms with Gasteiger partial charge in [0, 0.05) is 12.3 Å².